The number of rotatable bonds is 4. The molecule has 0 saturated carbocycles. The lowest BCUT2D eigenvalue weighted by Crippen LogP contribution is -2.41. The van der Waals surface area contributed by atoms with Crippen molar-refractivity contribution in [1.82, 2.24) is 4.90 Å². The van der Waals surface area contributed by atoms with Gasteiger partial charge in [-0.15, -0.1) is 11.6 Å². The molecule has 10 heavy (non-hydrogen) atoms. The van der Waals surface area contributed by atoms with Crippen LogP contribution < -0.4 is 0 Å². The fourth-order valence-corrected chi connectivity index (χ4v) is 1.79. The Kier molecular flexibility index (Phi) is 4.57. The first kappa shape index (κ1) is 10.5. The van der Waals surface area contributed by atoms with Gasteiger partial charge in [-0.1, -0.05) is 13.8 Å². The molecule has 0 N–H and O–H groups in total. The molecule has 1 unspecified atom stereocenters. The summed E-state index contributed by atoms with van der Waals surface area (Å²) in [6.07, 6.45) is 0. The van der Waals surface area contributed by atoms with E-state index in [1.807, 2.05) is 0 Å². The van der Waals surface area contributed by atoms with Crippen LogP contribution in [0.1, 0.15) is 20.8 Å². The van der Waals surface area contributed by atoms with Gasteiger partial charge < -0.3 is 0 Å². The lowest BCUT2D eigenvalue weighted by molar-refractivity contribution is 0.212. The maximum atomic E-state index is 6.25. The normalized spacial score (nSPS) is 17.7. The summed E-state index contributed by atoms with van der Waals surface area (Å²) in [5, 5.41) is 0. The Bertz CT molecular complexity index is 91.6. The fourth-order valence-electron chi connectivity index (χ4n) is 1.11. The highest BCUT2D eigenvalue weighted by Gasteiger charge is 2.23. The van der Waals surface area contributed by atoms with Crippen molar-refractivity contribution in [3.05, 3.63) is 0 Å². The van der Waals surface area contributed by atoms with E-state index in [1.54, 1.807) is 0 Å². The van der Waals surface area contributed by atoms with Crippen LogP contribution in [0.5, 0.6) is 0 Å². The third kappa shape index (κ3) is 2.60. The Morgan fingerprint density at radius 3 is 1.90 bits per heavy atom. The lowest BCUT2D eigenvalue weighted by atomic mass is 10.3. The minimum Gasteiger partial charge on any atom is -0.286 e. The van der Waals surface area contributed by atoms with Crippen molar-refractivity contribution in [2.45, 2.75) is 31.8 Å². The second-order valence-electron chi connectivity index (χ2n) is 2.67. The first-order valence-electron chi connectivity index (χ1n) is 4.02. The van der Waals surface area contributed by atoms with Crippen LogP contribution in [-0.2, 0) is 0 Å². The smallest absolute Gasteiger partial charge is 0.0900 e. The minimum atomic E-state index is -0.0737. The number of alkyl halides is 1. The Morgan fingerprint density at radius 1 is 1.40 bits per heavy atom. The van der Waals surface area contributed by atoms with E-state index in [0.717, 1.165) is 19.1 Å². The van der Waals surface area contributed by atoms with Crippen LogP contribution in [0.25, 0.3) is 0 Å². The molecule has 0 spiro atoms. The monoisotopic (exact) mass is 179 g/mol. The quantitative estimate of drug-likeness (QED) is 0.355. The summed E-state index contributed by atoms with van der Waals surface area (Å²) >= 11 is 6.25. The van der Waals surface area contributed by atoms with Crippen LogP contribution >= 0.6 is 11.6 Å². The largest absolute Gasteiger partial charge is 0.286 e. The molecule has 0 radical (unpaired) electrons. The van der Waals surface area contributed by atoms with Crippen molar-refractivity contribution in [2.75, 3.05) is 13.1 Å². The first-order chi connectivity index (χ1) is 4.58. The first-order valence-corrected chi connectivity index (χ1v) is 5.81. The topological polar surface area (TPSA) is 3.24 Å². The predicted octanol–water partition coefficient (Wildman–Crippen LogP) is 1.07. The summed E-state index contributed by atoms with van der Waals surface area (Å²) < 4.78 is 0. The number of hydrogen-bond acceptors (Lipinski definition) is 1. The predicted molar refractivity (Wildman–Crippen MR) is 51.9 cm³/mol. The van der Waals surface area contributed by atoms with Gasteiger partial charge in [0.25, 0.3) is 0 Å². The SMILES string of the molecule is CCN(CC)C(C)(Cl)C[SiH3]. The Balaban J connectivity index is 3.97. The molecule has 0 heterocycles. The molecule has 3 heteroatoms. The van der Waals surface area contributed by atoms with E-state index >= 15 is 0 Å². The third-order valence-corrected chi connectivity index (χ3v) is 4.40. The molecule has 0 bridgehead atoms. The Morgan fingerprint density at radius 2 is 1.80 bits per heavy atom. The van der Waals surface area contributed by atoms with Crippen molar-refractivity contribution in [3.8, 4) is 0 Å². The molecule has 0 aliphatic rings. The molecule has 0 aromatic rings. The molecular weight excluding hydrogens is 162 g/mol. The summed E-state index contributed by atoms with van der Waals surface area (Å²) in [6, 6.07) is 1.14. The third-order valence-electron chi connectivity index (χ3n) is 2.07. The fraction of sp³-hybridized carbons (Fsp3) is 1.00. The average molecular weight is 180 g/mol. The van der Waals surface area contributed by atoms with Crippen molar-refractivity contribution in [2.24, 2.45) is 0 Å². The molecule has 0 rings (SSSR count). The van der Waals surface area contributed by atoms with Crippen LogP contribution in [0.3, 0.4) is 0 Å². The van der Waals surface area contributed by atoms with Crippen LogP contribution in [0.15, 0.2) is 0 Å². The second-order valence-corrected chi connectivity index (χ2v) is 4.19. The van der Waals surface area contributed by atoms with Gasteiger partial charge in [0.15, 0.2) is 0 Å². The Hall–Kier alpha value is 0.467. The molecule has 0 aromatic heterocycles. The van der Waals surface area contributed by atoms with E-state index in [-0.39, 0.29) is 5.00 Å². The Labute approximate surface area is 72.2 Å². The van der Waals surface area contributed by atoms with Crippen molar-refractivity contribution < 1.29 is 0 Å². The van der Waals surface area contributed by atoms with Gasteiger partial charge in [-0.2, -0.15) is 0 Å². The lowest BCUT2D eigenvalue weighted by Gasteiger charge is -2.33. The molecule has 0 fully saturated rings. The second kappa shape index (κ2) is 4.37. The van der Waals surface area contributed by atoms with E-state index in [0.29, 0.717) is 0 Å². The van der Waals surface area contributed by atoms with Crippen LogP contribution in [0.2, 0.25) is 6.04 Å². The summed E-state index contributed by atoms with van der Waals surface area (Å²) in [5.74, 6) is 0. The zero-order valence-electron chi connectivity index (χ0n) is 7.45. The van der Waals surface area contributed by atoms with E-state index in [2.05, 4.69) is 25.7 Å². The van der Waals surface area contributed by atoms with Gasteiger partial charge in [0.2, 0.25) is 0 Å². The summed E-state index contributed by atoms with van der Waals surface area (Å²) in [7, 11) is 1.18. The van der Waals surface area contributed by atoms with Crippen molar-refractivity contribution >= 4 is 21.8 Å². The molecule has 1 atom stereocenters. The highest BCUT2D eigenvalue weighted by Crippen LogP contribution is 2.22. The van der Waals surface area contributed by atoms with E-state index in [9.17, 15) is 0 Å². The van der Waals surface area contributed by atoms with Gasteiger partial charge in [-0.3, -0.25) is 4.90 Å². The highest BCUT2D eigenvalue weighted by molar-refractivity contribution is 6.27. The number of hydrogen-bond donors (Lipinski definition) is 0. The van der Waals surface area contributed by atoms with Gasteiger partial charge in [-0.05, 0) is 26.1 Å². The van der Waals surface area contributed by atoms with Crippen LogP contribution in [-0.4, -0.2) is 33.2 Å². The van der Waals surface area contributed by atoms with Crippen LogP contribution in [0.4, 0.5) is 0 Å². The molecule has 0 saturated heterocycles. The molecule has 0 aromatic carbocycles. The molecular formula is C7H18ClNSi. The number of halogens is 1. The minimum absolute atomic E-state index is 0.0737. The number of nitrogens with zero attached hydrogens (tertiary/aromatic N) is 1. The van der Waals surface area contributed by atoms with Crippen molar-refractivity contribution in [3.63, 3.8) is 0 Å². The van der Waals surface area contributed by atoms with E-state index in [1.165, 1.54) is 10.2 Å². The van der Waals surface area contributed by atoms with Gasteiger partial charge >= 0.3 is 0 Å². The van der Waals surface area contributed by atoms with Gasteiger partial charge in [0.1, 0.15) is 0 Å². The summed E-state index contributed by atoms with van der Waals surface area (Å²) in [6.45, 7) is 8.52. The van der Waals surface area contributed by atoms with Gasteiger partial charge in [-0.25, -0.2) is 0 Å². The molecule has 0 aliphatic heterocycles. The van der Waals surface area contributed by atoms with Gasteiger partial charge in [0.05, 0.1) is 5.00 Å². The average Bonchev–Trinajstić information content (AvgIpc) is 1.90. The van der Waals surface area contributed by atoms with Gasteiger partial charge in [0, 0.05) is 10.2 Å². The zero-order valence-corrected chi connectivity index (χ0v) is 10.2. The van der Waals surface area contributed by atoms with E-state index < -0.39 is 0 Å². The standard InChI is InChI=1S/C7H18ClNSi/c1-4-9(5-2)7(3,8)6-10/h4-6H2,1-3,10H3. The highest BCUT2D eigenvalue weighted by atomic mass is 35.5. The van der Waals surface area contributed by atoms with Crippen molar-refractivity contribution in [1.29, 1.82) is 0 Å². The molecule has 0 aliphatic carbocycles. The van der Waals surface area contributed by atoms with E-state index in [4.69, 9.17) is 11.6 Å². The van der Waals surface area contributed by atoms with Crippen LogP contribution in [0, 0.1) is 0 Å². The summed E-state index contributed by atoms with van der Waals surface area (Å²) in [5.41, 5.74) is 0. The molecule has 0 amide bonds. The molecule has 1 nitrogen and oxygen atoms in total. The summed E-state index contributed by atoms with van der Waals surface area (Å²) in [4.78, 5) is 2.22. The maximum Gasteiger partial charge on any atom is 0.0900 e. The molecule has 62 valence electrons. The zero-order chi connectivity index (χ0) is 8.20. The maximum absolute atomic E-state index is 6.25.